The van der Waals surface area contributed by atoms with Gasteiger partial charge in [0, 0.05) is 28.2 Å². The Kier molecular flexibility index (Phi) is 4.31. The monoisotopic (exact) mass is 311 g/mol. The standard InChI is InChI=1S/C13H14BrNOS/c1-2-10-3-4-17-13(10)12(16)6-9-5-11(14)8-15-7-9/h3-5,7-8,12,16H,2,6H2,1H3. The number of hydrogen-bond donors (Lipinski definition) is 1. The zero-order chi connectivity index (χ0) is 12.3. The van der Waals surface area contributed by atoms with Crippen LogP contribution in [0.25, 0.3) is 0 Å². The van der Waals surface area contributed by atoms with Crippen LogP contribution in [-0.4, -0.2) is 10.1 Å². The van der Waals surface area contributed by atoms with Gasteiger partial charge in [-0.25, -0.2) is 0 Å². The number of halogens is 1. The van der Waals surface area contributed by atoms with E-state index in [0.29, 0.717) is 6.42 Å². The molecular formula is C13H14BrNOS. The van der Waals surface area contributed by atoms with Gasteiger partial charge in [-0.3, -0.25) is 4.98 Å². The molecule has 0 saturated carbocycles. The Balaban J connectivity index is 2.14. The summed E-state index contributed by atoms with van der Waals surface area (Å²) < 4.78 is 0.948. The topological polar surface area (TPSA) is 33.1 Å². The third-order valence-electron chi connectivity index (χ3n) is 2.65. The maximum absolute atomic E-state index is 10.2. The summed E-state index contributed by atoms with van der Waals surface area (Å²) in [6.07, 6.45) is 4.69. The zero-order valence-corrected chi connectivity index (χ0v) is 12.0. The van der Waals surface area contributed by atoms with E-state index in [2.05, 4.69) is 33.9 Å². The number of nitrogens with zero attached hydrogens (tertiary/aromatic N) is 1. The molecule has 0 aliphatic carbocycles. The second-order valence-electron chi connectivity index (χ2n) is 3.89. The molecule has 0 aromatic carbocycles. The minimum atomic E-state index is -0.430. The van der Waals surface area contributed by atoms with Gasteiger partial charge in [0.2, 0.25) is 0 Å². The molecule has 0 aliphatic rings. The van der Waals surface area contributed by atoms with Crippen molar-refractivity contribution in [2.24, 2.45) is 0 Å². The Morgan fingerprint density at radius 1 is 1.47 bits per heavy atom. The molecular weight excluding hydrogens is 298 g/mol. The largest absolute Gasteiger partial charge is 0.387 e. The van der Waals surface area contributed by atoms with Crippen LogP contribution in [0.2, 0.25) is 0 Å². The fourth-order valence-electron chi connectivity index (χ4n) is 1.82. The first kappa shape index (κ1) is 12.7. The lowest BCUT2D eigenvalue weighted by molar-refractivity contribution is 0.181. The van der Waals surface area contributed by atoms with E-state index < -0.39 is 6.10 Å². The highest BCUT2D eigenvalue weighted by atomic mass is 79.9. The average Bonchev–Trinajstić information content (AvgIpc) is 2.77. The Bertz CT molecular complexity index is 498. The van der Waals surface area contributed by atoms with E-state index in [0.717, 1.165) is 21.3 Å². The normalized spacial score (nSPS) is 12.6. The molecule has 0 aliphatic heterocycles. The molecule has 4 heteroatoms. The molecule has 1 unspecified atom stereocenters. The van der Waals surface area contributed by atoms with Crippen molar-refractivity contribution in [1.29, 1.82) is 0 Å². The van der Waals surface area contributed by atoms with Gasteiger partial charge >= 0.3 is 0 Å². The summed E-state index contributed by atoms with van der Waals surface area (Å²) in [6.45, 7) is 2.11. The van der Waals surface area contributed by atoms with Gasteiger partial charge in [0.25, 0.3) is 0 Å². The van der Waals surface area contributed by atoms with Crippen molar-refractivity contribution in [2.45, 2.75) is 25.9 Å². The molecule has 0 spiro atoms. The molecule has 1 atom stereocenters. The highest BCUT2D eigenvalue weighted by molar-refractivity contribution is 9.10. The smallest absolute Gasteiger partial charge is 0.0925 e. The van der Waals surface area contributed by atoms with Crippen molar-refractivity contribution in [1.82, 2.24) is 4.98 Å². The van der Waals surface area contributed by atoms with Crippen molar-refractivity contribution in [3.8, 4) is 0 Å². The number of aryl methyl sites for hydroxylation is 1. The van der Waals surface area contributed by atoms with Crippen LogP contribution in [0.1, 0.15) is 29.0 Å². The van der Waals surface area contributed by atoms with Crippen LogP contribution in [0.5, 0.6) is 0 Å². The molecule has 0 amide bonds. The van der Waals surface area contributed by atoms with Crippen LogP contribution < -0.4 is 0 Å². The number of aliphatic hydroxyl groups is 1. The summed E-state index contributed by atoms with van der Waals surface area (Å²) >= 11 is 5.01. The van der Waals surface area contributed by atoms with Gasteiger partial charge in [-0.05, 0) is 51.0 Å². The Morgan fingerprint density at radius 3 is 3.00 bits per heavy atom. The highest BCUT2D eigenvalue weighted by Gasteiger charge is 2.14. The Labute approximate surface area is 113 Å². The van der Waals surface area contributed by atoms with Gasteiger partial charge in [-0.2, -0.15) is 0 Å². The molecule has 2 aromatic heterocycles. The second kappa shape index (κ2) is 5.76. The molecule has 2 nitrogen and oxygen atoms in total. The minimum Gasteiger partial charge on any atom is -0.387 e. The summed E-state index contributed by atoms with van der Waals surface area (Å²) in [5, 5.41) is 12.3. The summed E-state index contributed by atoms with van der Waals surface area (Å²) in [6, 6.07) is 4.08. The number of thiophene rings is 1. The first-order valence-electron chi connectivity index (χ1n) is 5.54. The van der Waals surface area contributed by atoms with Gasteiger partial charge in [-0.15, -0.1) is 11.3 Å². The zero-order valence-electron chi connectivity index (χ0n) is 9.56. The minimum absolute atomic E-state index is 0.430. The molecule has 2 aromatic rings. The number of pyridine rings is 1. The summed E-state index contributed by atoms with van der Waals surface area (Å²) in [5.74, 6) is 0. The van der Waals surface area contributed by atoms with Crippen LogP contribution in [0.4, 0.5) is 0 Å². The third-order valence-corrected chi connectivity index (χ3v) is 4.15. The number of aliphatic hydroxyl groups excluding tert-OH is 1. The Hall–Kier alpha value is -0.710. The number of aromatic nitrogens is 1. The van der Waals surface area contributed by atoms with Crippen LogP contribution in [0.15, 0.2) is 34.4 Å². The van der Waals surface area contributed by atoms with Gasteiger partial charge in [-0.1, -0.05) is 6.92 Å². The molecule has 2 heterocycles. The first-order valence-corrected chi connectivity index (χ1v) is 7.21. The van der Waals surface area contributed by atoms with E-state index in [1.54, 1.807) is 23.7 Å². The van der Waals surface area contributed by atoms with Crippen molar-refractivity contribution in [2.75, 3.05) is 0 Å². The summed E-state index contributed by atoms with van der Waals surface area (Å²) in [4.78, 5) is 5.18. The van der Waals surface area contributed by atoms with Crippen LogP contribution in [-0.2, 0) is 12.8 Å². The van der Waals surface area contributed by atoms with Gasteiger partial charge in [0.15, 0.2) is 0 Å². The third kappa shape index (κ3) is 3.15. The molecule has 0 fully saturated rings. The molecule has 1 N–H and O–H groups in total. The molecule has 0 saturated heterocycles. The van der Waals surface area contributed by atoms with Crippen molar-refractivity contribution in [3.63, 3.8) is 0 Å². The lowest BCUT2D eigenvalue weighted by Crippen LogP contribution is -2.02. The quantitative estimate of drug-likeness (QED) is 0.933. The van der Waals surface area contributed by atoms with E-state index in [1.165, 1.54) is 5.56 Å². The van der Waals surface area contributed by atoms with Crippen LogP contribution >= 0.6 is 27.3 Å². The van der Waals surface area contributed by atoms with Gasteiger partial charge in [0.05, 0.1) is 6.10 Å². The lowest BCUT2D eigenvalue weighted by atomic mass is 10.1. The van der Waals surface area contributed by atoms with Crippen molar-refractivity contribution >= 4 is 27.3 Å². The highest BCUT2D eigenvalue weighted by Crippen LogP contribution is 2.27. The second-order valence-corrected chi connectivity index (χ2v) is 5.76. The Morgan fingerprint density at radius 2 is 2.29 bits per heavy atom. The van der Waals surface area contributed by atoms with Gasteiger partial charge in [0.1, 0.15) is 0 Å². The van der Waals surface area contributed by atoms with Crippen LogP contribution in [0.3, 0.4) is 0 Å². The average molecular weight is 312 g/mol. The molecule has 2 rings (SSSR count). The van der Waals surface area contributed by atoms with E-state index in [9.17, 15) is 5.11 Å². The summed E-state index contributed by atoms with van der Waals surface area (Å²) in [7, 11) is 0. The first-order chi connectivity index (χ1) is 8.20. The molecule has 0 radical (unpaired) electrons. The summed E-state index contributed by atoms with van der Waals surface area (Å²) in [5.41, 5.74) is 2.28. The van der Waals surface area contributed by atoms with Crippen molar-refractivity contribution < 1.29 is 5.11 Å². The fourth-order valence-corrected chi connectivity index (χ4v) is 3.21. The number of rotatable bonds is 4. The van der Waals surface area contributed by atoms with E-state index in [1.807, 2.05) is 11.4 Å². The molecule has 17 heavy (non-hydrogen) atoms. The molecule has 90 valence electrons. The number of hydrogen-bond acceptors (Lipinski definition) is 3. The van der Waals surface area contributed by atoms with Crippen LogP contribution in [0, 0.1) is 0 Å². The SMILES string of the molecule is CCc1ccsc1C(O)Cc1cncc(Br)c1. The predicted molar refractivity (Wildman–Crippen MR) is 74.3 cm³/mol. The lowest BCUT2D eigenvalue weighted by Gasteiger charge is -2.11. The van der Waals surface area contributed by atoms with E-state index in [-0.39, 0.29) is 0 Å². The maximum atomic E-state index is 10.2. The van der Waals surface area contributed by atoms with E-state index >= 15 is 0 Å². The van der Waals surface area contributed by atoms with E-state index in [4.69, 9.17) is 0 Å². The van der Waals surface area contributed by atoms with Gasteiger partial charge < -0.3 is 5.11 Å². The maximum Gasteiger partial charge on any atom is 0.0925 e. The fraction of sp³-hybridized carbons (Fsp3) is 0.308. The molecule has 0 bridgehead atoms. The predicted octanol–water partition coefficient (Wildman–Crippen LogP) is 3.74. The van der Waals surface area contributed by atoms with Crippen molar-refractivity contribution in [3.05, 3.63) is 50.4 Å².